The Kier molecular flexibility index (Phi) is 3.95. The van der Waals surface area contributed by atoms with E-state index in [1.165, 1.54) is 16.7 Å². The van der Waals surface area contributed by atoms with E-state index in [4.69, 9.17) is 4.74 Å². The summed E-state index contributed by atoms with van der Waals surface area (Å²) in [4.78, 5) is 11.3. The molecule has 0 atom stereocenters. The molecule has 0 saturated carbocycles. The lowest BCUT2D eigenvalue weighted by atomic mass is 9.84. The maximum atomic E-state index is 6.03. The summed E-state index contributed by atoms with van der Waals surface area (Å²) >= 11 is 0. The number of anilines is 3. The molecule has 0 radical (unpaired) electrons. The van der Waals surface area contributed by atoms with Crippen LogP contribution < -0.4 is 9.64 Å². The molecular weight excluding hydrogens is 334 g/mol. The van der Waals surface area contributed by atoms with Crippen LogP contribution in [0.2, 0.25) is 0 Å². The molecule has 0 unspecified atom stereocenters. The molecule has 3 heterocycles. The summed E-state index contributed by atoms with van der Waals surface area (Å²) in [7, 11) is 0. The van der Waals surface area contributed by atoms with E-state index in [1.807, 2.05) is 25.3 Å². The lowest BCUT2D eigenvalue weighted by molar-refractivity contribution is 0.454. The topological polar surface area (TPSA) is 38.2 Å². The molecule has 4 heteroatoms. The second kappa shape index (κ2) is 6.08. The number of benzene rings is 1. The summed E-state index contributed by atoms with van der Waals surface area (Å²) in [5.74, 6) is 2.13. The summed E-state index contributed by atoms with van der Waals surface area (Å²) in [5, 5.41) is 0. The fourth-order valence-electron chi connectivity index (χ4n) is 3.60. The van der Waals surface area contributed by atoms with Crippen LogP contribution in [-0.2, 0) is 5.41 Å². The van der Waals surface area contributed by atoms with E-state index in [1.54, 1.807) is 6.20 Å². The predicted octanol–water partition coefficient (Wildman–Crippen LogP) is 6.27. The van der Waals surface area contributed by atoms with Crippen molar-refractivity contribution in [2.24, 2.45) is 0 Å². The van der Waals surface area contributed by atoms with Gasteiger partial charge in [0.15, 0.2) is 11.6 Å². The average Bonchev–Trinajstić information content (AvgIpc) is 2.60. The zero-order valence-corrected chi connectivity index (χ0v) is 16.8. The van der Waals surface area contributed by atoms with Gasteiger partial charge in [-0.3, -0.25) is 4.90 Å². The fraction of sp³-hybridized carbons (Fsp3) is 0.304. The minimum absolute atomic E-state index is 0.102. The van der Waals surface area contributed by atoms with Crippen LogP contribution in [0.5, 0.6) is 11.6 Å². The number of rotatable bonds is 1. The molecule has 3 aromatic rings. The van der Waals surface area contributed by atoms with E-state index in [9.17, 15) is 0 Å². The average molecular weight is 359 g/mol. The largest absolute Gasteiger partial charge is 0.433 e. The normalized spacial score (nSPS) is 13.0. The van der Waals surface area contributed by atoms with Gasteiger partial charge in [-0.1, -0.05) is 32.9 Å². The number of aryl methyl sites for hydroxylation is 3. The van der Waals surface area contributed by atoms with Gasteiger partial charge in [-0.25, -0.2) is 9.97 Å². The Morgan fingerprint density at radius 3 is 2.33 bits per heavy atom. The molecule has 0 spiro atoms. The van der Waals surface area contributed by atoms with Crippen molar-refractivity contribution >= 4 is 17.2 Å². The summed E-state index contributed by atoms with van der Waals surface area (Å²) < 4.78 is 6.03. The van der Waals surface area contributed by atoms with Gasteiger partial charge in [-0.15, -0.1) is 0 Å². The van der Waals surface area contributed by atoms with Crippen LogP contribution in [0.3, 0.4) is 0 Å². The number of fused-ring (bicyclic) bond motifs is 2. The molecule has 1 aliphatic heterocycles. The molecule has 2 aromatic heterocycles. The van der Waals surface area contributed by atoms with Crippen molar-refractivity contribution in [2.45, 2.75) is 47.0 Å². The molecule has 0 aliphatic carbocycles. The Bertz CT molecular complexity index is 1010. The highest BCUT2D eigenvalue weighted by molar-refractivity contribution is 5.86. The zero-order chi connectivity index (χ0) is 19.3. The Morgan fingerprint density at radius 1 is 0.963 bits per heavy atom. The minimum Gasteiger partial charge on any atom is -0.433 e. The monoisotopic (exact) mass is 359 g/mol. The minimum atomic E-state index is 0.102. The van der Waals surface area contributed by atoms with Gasteiger partial charge in [0.1, 0.15) is 5.69 Å². The molecule has 1 aromatic carbocycles. The summed E-state index contributed by atoms with van der Waals surface area (Å²) in [6.45, 7) is 13.1. The molecule has 1 aliphatic rings. The zero-order valence-electron chi connectivity index (χ0n) is 16.8. The van der Waals surface area contributed by atoms with Crippen LogP contribution in [0.1, 0.15) is 43.0 Å². The van der Waals surface area contributed by atoms with E-state index in [0.717, 1.165) is 28.5 Å². The van der Waals surface area contributed by atoms with Crippen molar-refractivity contribution in [3.8, 4) is 11.6 Å². The maximum Gasteiger partial charge on any atom is 0.244 e. The first-order valence-electron chi connectivity index (χ1n) is 9.27. The standard InChI is InChI=1S/C23H25N3O/c1-14-10-18-22(25-13-14)27-19-8-7-9-24-21(19)26(18)20-15(2)11-17(12-16(20)3)23(4,5)6/h7-13H,1-6H3. The third kappa shape index (κ3) is 2.95. The number of aromatic nitrogens is 2. The van der Waals surface area contributed by atoms with Gasteiger partial charge >= 0.3 is 0 Å². The number of nitrogens with zero attached hydrogens (tertiary/aromatic N) is 3. The van der Waals surface area contributed by atoms with E-state index in [0.29, 0.717) is 5.88 Å². The van der Waals surface area contributed by atoms with E-state index < -0.39 is 0 Å². The van der Waals surface area contributed by atoms with Crippen LogP contribution in [0, 0.1) is 20.8 Å². The number of hydrogen-bond acceptors (Lipinski definition) is 4. The van der Waals surface area contributed by atoms with Crippen molar-refractivity contribution in [3.63, 3.8) is 0 Å². The molecule has 27 heavy (non-hydrogen) atoms. The third-order valence-electron chi connectivity index (χ3n) is 4.96. The number of ether oxygens (including phenoxy) is 1. The van der Waals surface area contributed by atoms with E-state index in [-0.39, 0.29) is 5.41 Å². The SMILES string of the molecule is Cc1cnc2c(c1)N(c1c(C)cc(C(C)(C)C)cc1C)c1ncccc1O2. The van der Waals surface area contributed by atoms with Gasteiger partial charge in [0, 0.05) is 12.4 Å². The summed E-state index contributed by atoms with van der Waals surface area (Å²) in [6.07, 6.45) is 3.64. The van der Waals surface area contributed by atoms with E-state index >= 15 is 0 Å². The molecule has 138 valence electrons. The highest BCUT2D eigenvalue weighted by atomic mass is 16.5. The lowest BCUT2D eigenvalue weighted by Gasteiger charge is -2.34. The van der Waals surface area contributed by atoms with Gasteiger partial charge in [0.25, 0.3) is 0 Å². The van der Waals surface area contributed by atoms with Crippen LogP contribution in [0.15, 0.2) is 42.7 Å². The second-order valence-electron chi connectivity index (χ2n) is 8.31. The molecule has 0 bridgehead atoms. The molecular formula is C23H25N3O. The molecule has 0 fully saturated rings. The fourth-order valence-corrected chi connectivity index (χ4v) is 3.60. The quantitative estimate of drug-likeness (QED) is 0.401. The van der Waals surface area contributed by atoms with Crippen LogP contribution in [-0.4, -0.2) is 9.97 Å². The smallest absolute Gasteiger partial charge is 0.244 e. The van der Waals surface area contributed by atoms with E-state index in [2.05, 4.69) is 67.7 Å². The van der Waals surface area contributed by atoms with Gasteiger partial charge in [0.05, 0.1) is 5.69 Å². The van der Waals surface area contributed by atoms with Gasteiger partial charge in [0.2, 0.25) is 5.88 Å². The molecule has 4 nitrogen and oxygen atoms in total. The first kappa shape index (κ1) is 17.5. The molecule has 0 N–H and O–H groups in total. The van der Waals surface area contributed by atoms with Crippen molar-refractivity contribution in [1.82, 2.24) is 9.97 Å². The van der Waals surface area contributed by atoms with Crippen LogP contribution in [0.25, 0.3) is 0 Å². The number of pyridine rings is 2. The predicted molar refractivity (Wildman–Crippen MR) is 110 cm³/mol. The highest BCUT2D eigenvalue weighted by Crippen LogP contribution is 2.50. The Labute approximate surface area is 160 Å². The first-order chi connectivity index (χ1) is 12.8. The Balaban J connectivity index is 1.99. The second-order valence-corrected chi connectivity index (χ2v) is 8.31. The third-order valence-corrected chi connectivity index (χ3v) is 4.96. The summed E-state index contributed by atoms with van der Waals surface area (Å²) in [5.41, 5.74) is 7.01. The lowest BCUT2D eigenvalue weighted by Crippen LogP contribution is -2.21. The van der Waals surface area contributed by atoms with Crippen LogP contribution >= 0.6 is 0 Å². The maximum absolute atomic E-state index is 6.03. The number of hydrogen-bond donors (Lipinski definition) is 0. The van der Waals surface area contributed by atoms with Crippen molar-refractivity contribution in [3.05, 3.63) is 65.0 Å². The van der Waals surface area contributed by atoms with Crippen molar-refractivity contribution < 1.29 is 4.74 Å². The highest BCUT2D eigenvalue weighted by Gasteiger charge is 2.30. The van der Waals surface area contributed by atoms with Gasteiger partial charge < -0.3 is 4.74 Å². The van der Waals surface area contributed by atoms with Gasteiger partial charge in [-0.2, -0.15) is 0 Å². The summed E-state index contributed by atoms with van der Waals surface area (Å²) in [6, 6.07) is 10.5. The Morgan fingerprint density at radius 2 is 1.67 bits per heavy atom. The first-order valence-corrected chi connectivity index (χ1v) is 9.27. The molecule has 0 saturated heterocycles. The van der Waals surface area contributed by atoms with Gasteiger partial charge in [-0.05, 0) is 66.6 Å². The van der Waals surface area contributed by atoms with Crippen molar-refractivity contribution in [2.75, 3.05) is 4.90 Å². The molecule has 0 amide bonds. The Hall–Kier alpha value is -2.88. The van der Waals surface area contributed by atoms with Crippen LogP contribution in [0.4, 0.5) is 17.2 Å². The molecule has 4 rings (SSSR count). The van der Waals surface area contributed by atoms with Crippen molar-refractivity contribution in [1.29, 1.82) is 0 Å².